The van der Waals surface area contributed by atoms with Crippen LogP contribution in [0.2, 0.25) is 0 Å². The highest BCUT2D eigenvalue weighted by molar-refractivity contribution is 5.46. The summed E-state index contributed by atoms with van der Waals surface area (Å²) in [5.41, 5.74) is 5.44. The molecule has 0 heterocycles. The zero-order chi connectivity index (χ0) is 17.5. The van der Waals surface area contributed by atoms with E-state index in [1.807, 2.05) is 26.0 Å². The first-order chi connectivity index (χ1) is 11.6. The lowest BCUT2D eigenvalue weighted by atomic mass is 9.93. The molecule has 2 nitrogen and oxygen atoms in total. The van der Waals surface area contributed by atoms with Gasteiger partial charge in [-0.15, -0.1) is 0 Å². The fourth-order valence-electron chi connectivity index (χ4n) is 3.05. The molecule has 130 valence electrons. The Morgan fingerprint density at radius 3 is 2.25 bits per heavy atom. The van der Waals surface area contributed by atoms with E-state index in [9.17, 15) is 5.11 Å². The van der Waals surface area contributed by atoms with Gasteiger partial charge in [-0.1, -0.05) is 50.1 Å². The Morgan fingerprint density at radius 1 is 0.917 bits per heavy atom. The molecule has 2 aromatic carbocycles. The van der Waals surface area contributed by atoms with Crippen molar-refractivity contribution in [3.63, 3.8) is 0 Å². The van der Waals surface area contributed by atoms with Crippen molar-refractivity contribution in [3.05, 3.63) is 64.2 Å². The van der Waals surface area contributed by atoms with Crippen LogP contribution in [-0.4, -0.2) is 11.7 Å². The van der Waals surface area contributed by atoms with Crippen molar-refractivity contribution in [2.45, 2.75) is 59.5 Å². The van der Waals surface area contributed by atoms with E-state index in [1.54, 1.807) is 0 Å². The molecule has 2 aromatic rings. The number of hydrogen-bond donors (Lipinski definition) is 1. The van der Waals surface area contributed by atoms with Crippen molar-refractivity contribution in [2.75, 3.05) is 6.61 Å². The first-order valence-corrected chi connectivity index (χ1v) is 9.08. The molecule has 1 unspecified atom stereocenters. The maximum absolute atomic E-state index is 10.8. The molecule has 1 N–H and O–H groups in total. The van der Waals surface area contributed by atoms with Crippen molar-refractivity contribution in [1.82, 2.24) is 0 Å². The first-order valence-electron chi connectivity index (χ1n) is 9.08. The van der Waals surface area contributed by atoms with Gasteiger partial charge in [-0.3, -0.25) is 0 Å². The number of benzene rings is 2. The quantitative estimate of drug-likeness (QED) is 0.648. The number of aliphatic hydroxyl groups excluding tert-OH is 1. The van der Waals surface area contributed by atoms with E-state index in [0.717, 1.165) is 34.4 Å². The normalized spacial score (nSPS) is 12.2. The van der Waals surface area contributed by atoms with E-state index in [4.69, 9.17) is 4.74 Å². The van der Waals surface area contributed by atoms with Gasteiger partial charge < -0.3 is 9.84 Å². The van der Waals surface area contributed by atoms with Crippen LogP contribution >= 0.6 is 0 Å². The minimum atomic E-state index is -0.593. The third kappa shape index (κ3) is 4.39. The van der Waals surface area contributed by atoms with Crippen LogP contribution in [0.4, 0.5) is 0 Å². The summed E-state index contributed by atoms with van der Waals surface area (Å²) >= 11 is 0. The van der Waals surface area contributed by atoms with Crippen LogP contribution in [0.1, 0.15) is 67.0 Å². The molecular weight excluding hydrogens is 296 g/mol. The maximum Gasteiger partial charge on any atom is 0.122 e. The molecule has 1 atom stereocenters. The second kappa shape index (κ2) is 8.89. The van der Waals surface area contributed by atoms with Gasteiger partial charge >= 0.3 is 0 Å². The van der Waals surface area contributed by atoms with Crippen molar-refractivity contribution < 1.29 is 9.84 Å². The highest BCUT2D eigenvalue weighted by Gasteiger charge is 2.16. The summed E-state index contributed by atoms with van der Waals surface area (Å²) in [7, 11) is 0. The highest BCUT2D eigenvalue weighted by Crippen LogP contribution is 2.31. The fourth-order valence-corrected chi connectivity index (χ4v) is 3.05. The molecule has 0 fully saturated rings. The number of rotatable bonds is 8. The largest absolute Gasteiger partial charge is 0.494 e. The van der Waals surface area contributed by atoms with Crippen molar-refractivity contribution >= 4 is 0 Å². The molecule has 2 rings (SSSR count). The number of hydrogen-bond acceptors (Lipinski definition) is 2. The molecule has 0 aliphatic heterocycles. The van der Waals surface area contributed by atoms with Crippen LogP contribution in [0.5, 0.6) is 5.75 Å². The van der Waals surface area contributed by atoms with E-state index in [-0.39, 0.29) is 0 Å². The lowest BCUT2D eigenvalue weighted by molar-refractivity contribution is 0.219. The first kappa shape index (κ1) is 18.5. The second-order valence-electron chi connectivity index (χ2n) is 6.44. The van der Waals surface area contributed by atoms with E-state index in [0.29, 0.717) is 6.61 Å². The summed E-state index contributed by atoms with van der Waals surface area (Å²) in [5.74, 6) is 0.900. The lowest BCUT2D eigenvalue weighted by Gasteiger charge is -2.18. The number of ether oxygens (including phenoxy) is 1. The minimum absolute atomic E-state index is 0.593. The number of aliphatic hydroxyl groups is 1. The van der Waals surface area contributed by atoms with Crippen LogP contribution in [0, 0.1) is 13.8 Å². The average Bonchev–Trinajstić information content (AvgIpc) is 2.60. The molecule has 0 aliphatic carbocycles. The molecule has 24 heavy (non-hydrogen) atoms. The van der Waals surface area contributed by atoms with Crippen LogP contribution < -0.4 is 4.74 Å². The molecule has 0 radical (unpaired) electrons. The summed E-state index contributed by atoms with van der Waals surface area (Å²) in [4.78, 5) is 0. The van der Waals surface area contributed by atoms with Gasteiger partial charge in [0.25, 0.3) is 0 Å². The van der Waals surface area contributed by atoms with Gasteiger partial charge in [-0.05, 0) is 67.5 Å². The van der Waals surface area contributed by atoms with Gasteiger partial charge in [0.05, 0.1) is 6.61 Å². The summed E-state index contributed by atoms with van der Waals surface area (Å²) in [6.45, 7) is 8.96. The SMILES string of the molecule is CCCCCc1ccc(C(O)c2ccc(OCC)c(C)c2C)cc1. The zero-order valence-electron chi connectivity index (χ0n) is 15.4. The Labute approximate surface area is 146 Å². The fraction of sp³-hybridized carbons (Fsp3) is 0.455. The lowest BCUT2D eigenvalue weighted by Crippen LogP contribution is -2.05. The molecule has 0 aromatic heterocycles. The van der Waals surface area contributed by atoms with Crippen molar-refractivity contribution in [1.29, 1.82) is 0 Å². The molecule has 0 amide bonds. The third-order valence-electron chi connectivity index (χ3n) is 4.74. The standard InChI is InChI=1S/C22H30O2/c1-5-7-8-9-18-10-12-19(13-11-18)22(23)20-14-15-21(24-6-2)17(4)16(20)3/h10-15,22-23H,5-9H2,1-4H3. The molecule has 0 saturated carbocycles. The van der Waals surface area contributed by atoms with Crippen LogP contribution in [0.15, 0.2) is 36.4 Å². The summed E-state index contributed by atoms with van der Waals surface area (Å²) in [5, 5.41) is 10.8. The van der Waals surface area contributed by atoms with Crippen molar-refractivity contribution in [3.8, 4) is 5.75 Å². The summed E-state index contributed by atoms with van der Waals surface area (Å²) < 4.78 is 5.64. The van der Waals surface area contributed by atoms with Crippen molar-refractivity contribution in [2.24, 2.45) is 0 Å². The average molecular weight is 326 g/mol. The summed E-state index contributed by atoms with van der Waals surface area (Å²) in [6, 6.07) is 12.3. The molecule has 0 aliphatic rings. The second-order valence-corrected chi connectivity index (χ2v) is 6.44. The Balaban J connectivity index is 2.16. The monoisotopic (exact) mass is 326 g/mol. The predicted octanol–water partition coefficient (Wildman–Crippen LogP) is 5.52. The maximum atomic E-state index is 10.8. The van der Waals surface area contributed by atoms with Crippen LogP contribution in [0.3, 0.4) is 0 Å². The molecular formula is C22H30O2. The van der Waals surface area contributed by atoms with Gasteiger partial charge in [-0.25, -0.2) is 0 Å². The molecule has 0 bridgehead atoms. The molecule has 0 spiro atoms. The van der Waals surface area contributed by atoms with E-state index in [2.05, 4.69) is 38.1 Å². The Hall–Kier alpha value is -1.80. The van der Waals surface area contributed by atoms with Gasteiger partial charge in [0, 0.05) is 0 Å². The summed E-state index contributed by atoms with van der Waals surface area (Å²) in [6.07, 6.45) is 4.27. The minimum Gasteiger partial charge on any atom is -0.494 e. The molecule has 2 heteroatoms. The highest BCUT2D eigenvalue weighted by atomic mass is 16.5. The van der Waals surface area contributed by atoms with E-state index >= 15 is 0 Å². The van der Waals surface area contributed by atoms with Gasteiger partial charge in [0.15, 0.2) is 0 Å². The Bertz CT molecular complexity index is 644. The van der Waals surface area contributed by atoms with Gasteiger partial charge in [0.1, 0.15) is 11.9 Å². The Kier molecular flexibility index (Phi) is 6.86. The van der Waals surface area contributed by atoms with Gasteiger partial charge in [0.2, 0.25) is 0 Å². The smallest absolute Gasteiger partial charge is 0.122 e. The van der Waals surface area contributed by atoms with Gasteiger partial charge in [-0.2, -0.15) is 0 Å². The van der Waals surface area contributed by atoms with Crippen LogP contribution in [-0.2, 0) is 6.42 Å². The van der Waals surface area contributed by atoms with Crippen LogP contribution in [0.25, 0.3) is 0 Å². The topological polar surface area (TPSA) is 29.5 Å². The number of aryl methyl sites for hydroxylation is 1. The van der Waals surface area contributed by atoms with E-state index in [1.165, 1.54) is 24.8 Å². The zero-order valence-corrected chi connectivity index (χ0v) is 15.4. The Morgan fingerprint density at radius 2 is 1.62 bits per heavy atom. The molecule has 0 saturated heterocycles. The third-order valence-corrected chi connectivity index (χ3v) is 4.74. The van der Waals surface area contributed by atoms with E-state index < -0.39 is 6.10 Å². The number of unbranched alkanes of at least 4 members (excludes halogenated alkanes) is 2. The predicted molar refractivity (Wildman–Crippen MR) is 101 cm³/mol.